The van der Waals surface area contributed by atoms with Crippen LogP contribution in [-0.2, 0) is 0 Å². The molecule has 0 atom stereocenters. The van der Waals surface area contributed by atoms with E-state index in [1.54, 1.807) is 12.4 Å². The fraction of sp³-hybridized carbons (Fsp3) is 0.625. The highest BCUT2D eigenvalue weighted by atomic mass is 16.2. The van der Waals surface area contributed by atoms with Crippen molar-refractivity contribution in [3.8, 4) is 0 Å². The van der Waals surface area contributed by atoms with E-state index < -0.39 is 0 Å². The van der Waals surface area contributed by atoms with Crippen LogP contribution in [0.1, 0.15) is 48.5 Å². The lowest BCUT2D eigenvalue weighted by molar-refractivity contribution is 0.0684. The fourth-order valence-electron chi connectivity index (χ4n) is 3.00. The average molecular weight is 275 g/mol. The fourth-order valence-corrected chi connectivity index (χ4v) is 3.00. The third kappa shape index (κ3) is 3.57. The Balaban J connectivity index is 1.95. The molecule has 4 nitrogen and oxygen atoms in total. The normalized spacial score (nSPS) is 22.6. The van der Waals surface area contributed by atoms with Crippen LogP contribution in [0.25, 0.3) is 0 Å². The highest BCUT2D eigenvalue weighted by Gasteiger charge is 2.26. The number of pyridine rings is 1. The lowest BCUT2D eigenvalue weighted by Gasteiger charge is -2.35. The van der Waals surface area contributed by atoms with E-state index in [0.717, 1.165) is 37.8 Å². The predicted molar refractivity (Wildman–Crippen MR) is 80.8 cm³/mol. The molecule has 1 saturated carbocycles. The molecule has 1 heterocycles. The van der Waals surface area contributed by atoms with Gasteiger partial charge in [-0.3, -0.25) is 9.78 Å². The first kappa shape index (κ1) is 15.0. The van der Waals surface area contributed by atoms with Crippen LogP contribution in [0.5, 0.6) is 0 Å². The number of carbonyl (C=O) groups excluding carboxylic acids is 1. The van der Waals surface area contributed by atoms with Gasteiger partial charge in [-0.25, -0.2) is 0 Å². The largest absolute Gasteiger partial charge is 0.339 e. The van der Waals surface area contributed by atoms with E-state index in [1.165, 1.54) is 0 Å². The van der Waals surface area contributed by atoms with E-state index >= 15 is 0 Å². The van der Waals surface area contributed by atoms with Gasteiger partial charge in [0, 0.05) is 31.5 Å². The van der Waals surface area contributed by atoms with Crippen molar-refractivity contribution in [1.82, 2.24) is 15.2 Å². The Kier molecular flexibility index (Phi) is 5.12. The van der Waals surface area contributed by atoms with Crippen molar-refractivity contribution in [2.45, 2.75) is 51.6 Å². The third-order valence-corrected chi connectivity index (χ3v) is 4.18. The number of hydrogen-bond donors (Lipinski definition) is 1. The summed E-state index contributed by atoms with van der Waals surface area (Å²) in [4.78, 5) is 18.5. The summed E-state index contributed by atoms with van der Waals surface area (Å²) in [5.41, 5.74) is 1.72. The molecule has 2 rings (SSSR count). The minimum Gasteiger partial charge on any atom is -0.339 e. The van der Waals surface area contributed by atoms with Crippen molar-refractivity contribution in [2.24, 2.45) is 0 Å². The van der Waals surface area contributed by atoms with Gasteiger partial charge in [-0.1, -0.05) is 6.92 Å². The molecule has 1 N–H and O–H groups in total. The van der Waals surface area contributed by atoms with Crippen molar-refractivity contribution in [3.63, 3.8) is 0 Å². The summed E-state index contributed by atoms with van der Waals surface area (Å²) in [6.45, 7) is 5.14. The maximum atomic E-state index is 12.5. The Labute approximate surface area is 121 Å². The van der Waals surface area contributed by atoms with Crippen LogP contribution in [0.3, 0.4) is 0 Å². The van der Waals surface area contributed by atoms with Crippen LogP contribution in [0.4, 0.5) is 0 Å². The van der Waals surface area contributed by atoms with Gasteiger partial charge in [-0.15, -0.1) is 0 Å². The van der Waals surface area contributed by atoms with Crippen LogP contribution < -0.4 is 5.32 Å². The highest BCUT2D eigenvalue weighted by molar-refractivity contribution is 5.94. The molecule has 0 aromatic carbocycles. The predicted octanol–water partition coefficient (Wildman–Crippen LogP) is 2.38. The van der Waals surface area contributed by atoms with Crippen molar-refractivity contribution < 1.29 is 4.79 Å². The molecule has 1 aromatic rings. The van der Waals surface area contributed by atoms with E-state index in [2.05, 4.69) is 17.2 Å². The van der Waals surface area contributed by atoms with Crippen molar-refractivity contribution >= 4 is 5.91 Å². The van der Waals surface area contributed by atoms with Crippen LogP contribution >= 0.6 is 0 Å². The Morgan fingerprint density at radius 2 is 2.05 bits per heavy atom. The molecule has 0 saturated heterocycles. The van der Waals surface area contributed by atoms with E-state index in [9.17, 15) is 4.79 Å². The quantitative estimate of drug-likeness (QED) is 0.917. The molecule has 1 amide bonds. The molecule has 4 heteroatoms. The smallest absolute Gasteiger partial charge is 0.255 e. The van der Waals surface area contributed by atoms with Gasteiger partial charge in [0.25, 0.3) is 5.91 Å². The number of rotatable bonds is 4. The summed E-state index contributed by atoms with van der Waals surface area (Å²) >= 11 is 0. The monoisotopic (exact) mass is 275 g/mol. The molecule has 0 spiro atoms. The number of nitrogens with zero attached hydrogens (tertiary/aromatic N) is 2. The summed E-state index contributed by atoms with van der Waals surface area (Å²) < 4.78 is 0. The van der Waals surface area contributed by atoms with E-state index in [1.807, 2.05) is 24.9 Å². The van der Waals surface area contributed by atoms with Crippen LogP contribution in [-0.4, -0.2) is 41.5 Å². The summed E-state index contributed by atoms with van der Waals surface area (Å²) in [5.74, 6) is 0.0908. The summed E-state index contributed by atoms with van der Waals surface area (Å²) in [5, 5.41) is 3.50. The lowest BCUT2D eigenvalue weighted by Crippen LogP contribution is -2.43. The molecule has 1 aromatic heterocycles. The molecule has 0 unspecified atom stereocenters. The van der Waals surface area contributed by atoms with Gasteiger partial charge in [0.2, 0.25) is 0 Å². The SMILES string of the molecule is CCNC1CCC(N(C)C(=O)c2cncc(C)c2)CC1. The number of aryl methyl sites for hydroxylation is 1. The molecule has 1 aliphatic rings. The van der Waals surface area contributed by atoms with E-state index in [0.29, 0.717) is 17.6 Å². The zero-order valence-corrected chi connectivity index (χ0v) is 12.7. The van der Waals surface area contributed by atoms with Crippen molar-refractivity contribution in [1.29, 1.82) is 0 Å². The molecule has 0 bridgehead atoms. The molecule has 110 valence electrons. The van der Waals surface area contributed by atoms with Gasteiger partial charge in [0.05, 0.1) is 5.56 Å². The Morgan fingerprint density at radius 1 is 1.35 bits per heavy atom. The third-order valence-electron chi connectivity index (χ3n) is 4.18. The second-order valence-electron chi connectivity index (χ2n) is 5.73. The van der Waals surface area contributed by atoms with Crippen LogP contribution in [0, 0.1) is 6.92 Å². The molecule has 1 aliphatic carbocycles. The maximum Gasteiger partial charge on any atom is 0.255 e. The summed E-state index contributed by atoms with van der Waals surface area (Å²) in [7, 11) is 1.92. The van der Waals surface area contributed by atoms with Gasteiger partial charge in [-0.2, -0.15) is 0 Å². The van der Waals surface area contributed by atoms with Gasteiger partial charge < -0.3 is 10.2 Å². The molecular formula is C16H25N3O. The van der Waals surface area contributed by atoms with E-state index in [-0.39, 0.29) is 5.91 Å². The number of aromatic nitrogens is 1. The molecular weight excluding hydrogens is 250 g/mol. The second kappa shape index (κ2) is 6.84. The Morgan fingerprint density at radius 3 is 2.65 bits per heavy atom. The number of hydrogen-bond acceptors (Lipinski definition) is 3. The first-order chi connectivity index (χ1) is 9.61. The zero-order chi connectivity index (χ0) is 14.5. The van der Waals surface area contributed by atoms with Gasteiger partial charge in [0.15, 0.2) is 0 Å². The topological polar surface area (TPSA) is 45.2 Å². The number of amides is 1. The minimum atomic E-state index is 0.0908. The Bertz CT molecular complexity index is 453. The Hall–Kier alpha value is -1.42. The standard InChI is InChI=1S/C16H25N3O/c1-4-18-14-5-7-15(8-6-14)19(3)16(20)13-9-12(2)10-17-11-13/h9-11,14-15,18H,4-8H2,1-3H3. The number of carbonyl (C=O) groups is 1. The molecule has 1 fully saturated rings. The molecule has 20 heavy (non-hydrogen) atoms. The molecule has 0 radical (unpaired) electrons. The lowest BCUT2D eigenvalue weighted by atomic mass is 9.90. The first-order valence-electron chi connectivity index (χ1n) is 7.54. The van der Waals surface area contributed by atoms with Gasteiger partial charge in [0.1, 0.15) is 0 Å². The van der Waals surface area contributed by atoms with Crippen LogP contribution in [0.2, 0.25) is 0 Å². The second-order valence-corrected chi connectivity index (χ2v) is 5.73. The average Bonchev–Trinajstić information content (AvgIpc) is 2.47. The number of nitrogens with one attached hydrogen (secondary N) is 1. The van der Waals surface area contributed by atoms with Crippen LogP contribution in [0.15, 0.2) is 18.5 Å². The summed E-state index contributed by atoms with van der Waals surface area (Å²) in [6, 6.07) is 2.90. The van der Waals surface area contributed by atoms with Crippen molar-refractivity contribution in [2.75, 3.05) is 13.6 Å². The highest BCUT2D eigenvalue weighted by Crippen LogP contribution is 2.23. The summed E-state index contributed by atoms with van der Waals surface area (Å²) in [6.07, 6.45) is 7.91. The molecule has 0 aliphatic heterocycles. The van der Waals surface area contributed by atoms with Gasteiger partial charge in [-0.05, 0) is 50.8 Å². The van der Waals surface area contributed by atoms with Crippen molar-refractivity contribution in [3.05, 3.63) is 29.6 Å². The zero-order valence-electron chi connectivity index (χ0n) is 12.7. The minimum absolute atomic E-state index is 0.0908. The first-order valence-corrected chi connectivity index (χ1v) is 7.54. The van der Waals surface area contributed by atoms with Gasteiger partial charge >= 0.3 is 0 Å². The maximum absolute atomic E-state index is 12.5. The van der Waals surface area contributed by atoms with E-state index in [4.69, 9.17) is 0 Å².